The van der Waals surface area contributed by atoms with Crippen LogP contribution >= 0.6 is 0 Å². The fourth-order valence-electron chi connectivity index (χ4n) is 1.32. The van der Waals surface area contributed by atoms with Crippen LogP contribution < -0.4 is 10.5 Å². The summed E-state index contributed by atoms with van der Waals surface area (Å²) in [5, 5.41) is 0. The van der Waals surface area contributed by atoms with E-state index in [2.05, 4.69) is 20.8 Å². The Morgan fingerprint density at radius 3 is 2.17 bits per heavy atom. The summed E-state index contributed by atoms with van der Waals surface area (Å²) < 4.78 is 29.1. The van der Waals surface area contributed by atoms with E-state index in [0.29, 0.717) is 12.4 Å². The van der Waals surface area contributed by atoms with Crippen molar-refractivity contribution in [1.82, 2.24) is 0 Å². The second kappa shape index (κ2) is 5.71. The molecule has 102 valence electrons. The Bertz CT molecular complexity index is 472. The first kappa shape index (κ1) is 15.0. The summed E-state index contributed by atoms with van der Waals surface area (Å²) in [7, 11) is -3.25. The van der Waals surface area contributed by atoms with Gasteiger partial charge in [-0.1, -0.05) is 20.8 Å². The molecule has 0 amide bonds. The van der Waals surface area contributed by atoms with Crippen LogP contribution in [0.15, 0.2) is 29.2 Å². The lowest BCUT2D eigenvalue weighted by atomic mass is 9.99. The van der Waals surface area contributed by atoms with E-state index >= 15 is 0 Å². The molecule has 0 radical (unpaired) electrons. The zero-order chi connectivity index (χ0) is 13.8. The summed E-state index contributed by atoms with van der Waals surface area (Å²) in [6, 6.07) is 6.47. The van der Waals surface area contributed by atoms with Gasteiger partial charge in [0.05, 0.1) is 17.3 Å². The number of hydrogen-bond acceptors (Lipinski definition) is 4. The highest BCUT2D eigenvalue weighted by atomic mass is 32.2. The van der Waals surface area contributed by atoms with E-state index in [1.165, 1.54) is 0 Å². The van der Waals surface area contributed by atoms with Crippen molar-refractivity contribution in [2.75, 3.05) is 18.9 Å². The lowest BCUT2D eigenvalue weighted by Crippen LogP contribution is -2.17. The van der Waals surface area contributed by atoms with Gasteiger partial charge in [0.2, 0.25) is 0 Å². The summed E-state index contributed by atoms with van der Waals surface area (Å²) in [6.45, 7) is 6.94. The molecule has 0 aliphatic rings. The predicted octanol–water partition coefficient (Wildman–Crippen LogP) is 1.84. The maximum Gasteiger partial charge on any atom is 0.179 e. The topological polar surface area (TPSA) is 69.4 Å². The molecule has 0 atom stereocenters. The fourth-order valence-corrected chi connectivity index (χ4v) is 2.41. The van der Waals surface area contributed by atoms with E-state index in [4.69, 9.17) is 10.5 Å². The molecule has 0 heterocycles. The van der Waals surface area contributed by atoms with E-state index in [9.17, 15) is 8.42 Å². The average molecular weight is 271 g/mol. The average Bonchev–Trinajstić information content (AvgIpc) is 2.26. The van der Waals surface area contributed by atoms with Crippen LogP contribution in [-0.4, -0.2) is 27.3 Å². The molecule has 0 aromatic heterocycles. The van der Waals surface area contributed by atoms with Gasteiger partial charge < -0.3 is 10.5 Å². The number of hydrogen-bond donors (Lipinski definition) is 1. The van der Waals surface area contributed by atoms with Crippen LogP contribution in [0, 0.1) is 5.41 Å². The maximum absolute atomic E-state index is 11.7. The summed E-state index contributed by atoms with van der Waals surface area (Å²) in [5.41, 5.74) is 5.35. The third kappa shape index (κ3) is 4.66. The molecule has 1 aromatic carbocycles. The molecule has 0 aliphatic carbocycles. The van der Waals surface area contributed by atoms with Crippen molar-refractivity contribution >= 4 is 9.84 Å². The first-order valence-corrected chi connectivity index (χ1v) is 7.55. The largest absolute Gasteiger partial charge is 0.493 e. The van der Waals surface area contributed by atoms with Crippen LogP contribution in [-0.2, 0) is 9.84 Å². The summed E-state index contributed by atoms with van der Waals surface area (Å²) in [4.78, 5) is 0.288. The third-order valence-corrected chi connectivity index (χ3v) is 4.00. The Balaban J connectivity index is 2.75. The Kier molecular flexibility index (Phi) is 4.76. The molecule has 0 spiro atoms. The predicted molar refractivity (Wildman–Crippen MR) is 72.5 cm³/mol. The molecule has 1 aromatic rings. The second-order valence-corrected chi connectivity index (χ2v) is 7.54. The van der Waals surface area contributed by atoms with Gasteiger partial charge in [0.1, 0.15) is 5.75 Å². The Hall–Kier alpha value is -1.07. The number of rotatable bonds is 5. The van der Waals surface area contributed by atoms with Crippen LogP contribution in [0.4, 0.5) is 0 Å². The summed E-state index contributed by atoms with van der Waals surface area (Å²) >= 11 is 0. The third-order valence-electron chi connectivity index (χ3n) is 2.24. The number of sulfone groups is 1. The molecule has 0 unspecified atom stereocenters. The number of benzene rings is 1. The van der Waals surface area contributed by atoms with Gasteiger partial charge in [0.25, 0.3) is 0 Å². The van der Waals surface area contributed by atoms with E-state index < -0.39 is 9.84 Å². The lowest BCUT2D eigenvalue weighted by molar-refractivity contribution is 0.198. The lowest BCUT2D eigenvalue weighted by Gasteiger charge is -2.18. The van der Waals surface area contributed by atoms with E-state index in [0.717, 1.165) is 0 Å². The normalized spacial score (nSPS) is 12.4. The SMILES string of the molecule is CC(C)(C)COc1ccc(S(=O)(=O)CCN)cc1. The van der Waals surface area contributed by atoms with Crippen LogP contribution in [0.5, 0.6) is 5.75 Å². The van der Waals surface area contributed by atoms with Crippen molar-refractivity contribution in [3.05, 3.63) is 24.3 Å². The van der Waals surface area contributed by atoms with Crippen molar-refractivity contribution in [3.63, 3.8) is 0 Å². The van der Waals surface area contributed by atoms with Crippen LogP contribution in [0.2, 0.25) is 0 Å². The molecule has 0 saturated heterocycles. The highest BCUT2D eigenvalue weighted by Crippen LogP contribution is 2.20. The van der Waals surface area contributed by atoms with E-state index in [1.54, 1.807) is 24.3 Å². The van der Waals surface area contributed by atoms with Gasteiger partial charge in [-0.2, -0.15) is 0 Å². The highest BCUT2D eigenvalue weighted by Gasteiger charge is 2.14. The smallest absolute Gasteiger partial charge is 0.179 e. The maximum atomic E-state index is 11.7. The van der Waals surface area contributed by atoms with Gasteiger partial charge in [-0.05, 0) is 29.7 Å². The Morgan fingerprint density at radius 1 is 1.17 bits per heavy atom. The molecule has 4 nitrogen and oxygen atoms in total. The van der Waals surface area contributed by atoms with Gasteiger partial charge in [0.15, 0.2) is 9.84 Å². The van der Waals surface area contributed by atoms with Crippen LogP contribution in [0.3, 0.4) is 0 Å². The van der Waals surface area contributed by atoms with Crippen LogP contribution in [0.25, 0.3) is 0 Å². The van der Waals surface area contributed by atoms with Crippen molar-refractivity contribution in [2.45, 2.75) is 25.7 Å². The van der Waals surface area contributed by atoms with Gasteiger partial charge in [-0.15, -0.1) is 0 Å². The fraction of sp³-hybridized carbons (Fsp3) is 0.538. The highest BCUT2D eigenvalue weighted by molar-refractivity contribution is 7.91. The minimum atomic E-state index is -3.25. The molecule has 0 bridgehead atoms. The van der Waals surface area contributed by atoms with Crippen molar-refractivity contribution in [2.24, 2.45) is 11.1 Å². The first-order valence-electron chi connectivity index (χ1n) is 5.90. The van der Waals surface area contributed by atoms with Gasteiger partial charge in [0, 0.05) is 6.54 Å². The van der Waals surface area contributed by atoms with Gasteiger partial charge in [-0.25, -0.2) is 8.42 Å². The van der Waals surface area contributed by atoms with Gasteiger partial charge in [-0.3, -0.25) is 0 Å². The molecule has 18 heavy (non-hydrogen) atoms. The molecule has 0 fully saturated rings. The van der Waals surface area contributed by atoms with Gasteiger partial charge >= 0.3 is 0 Å². The quantitative estimate of drug-likeness (QED) is 0.887. The standard InChI is InChI=1S/C13H21NO3S/c1-13(2,3)10-17-11-4-6-12(7-5-11)18(15,16)9-8-14/h4-7H,8-10,14H2,1-3H3. The van der Waals surface area contributed by atoms with Crippen molar-refractivity contribution in [1.29, 1.82) is 0 Å². The molecule has 5 heteroatoms. The Morgan fingerprint density at radius 2 is 1.72 bits per heavy atom. The number of nitrogens with two attached hydrogens (primary N) is 1. The molecular formula is C13H21NO3S. The molecular weight excluding hydrogens is 250 g/mol. The van der Waals surface area contributed by atoms with Crippen molar-refractivity contribution < 1.29 is 13.2 Å². The molecule has 0 saturated carbocycles. The molecule has 0 aliphatic heterocycles. The second-order valence-electron chi connectivity index (χ2n) is 5.43. The molecule has 1 rings (SSSR count). The minimum Gasteiger partial charge on any atom is -0.493 e. The van der Waals surface area contributed by atoms with Crippen LogP contribution in [0.1, 0.15) is 20.8 Å². The summed E-state index contributed by atoms with van der Waals surface area (Å²) in [6.07, 6.45) is 0. The Labute approximate surface area is 109 Å². The molecule has 2 N–H and O–H groups in total. The number of ether oxygens (including phenoxy) is 1. The monoisotopic (exact) mass is 271 g/mol. The minimum absolute atomic E-state index is 0.0325. The summed E-state index contributed by atoms with van der Waals surface area (Å²) in [5.74, 6) is 0.645. The zero-order valence-corrected chi connectivity index (χ0v) is 12.0. The zero-order valence-electron chi connectivity index (χ0n) is 11.1. The first-order chi connectivity index (χ1) is 8.24. The van der Waals surface area contributed by atoms with E-state index in [-0.39, 0.29) is 22.6 Å². The van der Waals surface area contributed by atoms with E-state index in [1.807, 2.05) is 0 Å². The van der Waals surface area contributed by atoms with Crippen molar-refractivity contribution in [3.8, 4) is 5.75 Å².